The molecule has 0 aliphatic carbocycles. The first-order chi connectivity index (χ1) is 16.5. The van der Waals surface area contributed by atoms with Crippen molar-refractivity contribution in [3.05, 3.63) is 78.0 Å². The minimum atomic E-state index is -4.43. The molecule has 0 amide bonds. The van der Waals surface area contributed by atoms with E-state index in [0.717, 1.165) is 42.3 Å². The summed E-state index contributed by atoms with van der Waals surface area (Å²) in [4.78, 5) is 6.61. The Labute approximate surface area is 194 Å². The van der Waals surface area contributed by atoms with Gasteiger partial charge in [0.15, 0.2) is 5.82 Å². The molecule has 2 saturated heterocycles. The normalized spacial score (nSPS) is 19.8. The average Bonchev–Trinajstić information content (AvgIpc) is 3.57. The maximum absolute atomic E-state index is 13.5. The van der Waals surface area contributed by atoms with Gasteiger partial charge in [0.25, 0.3) is 0 Å². The van der Waals surface area contributed by atoms with Crippen molar-refractivity contribution in [2.24, 2.45) is 0 Å². The van der Waals surface area contributed by atoms with Crippen LogP contribution in [0.2, 0.25) is 0 Å². The van der Waals surface area contributed by atoms with Crippen LogP contribution in [-0.4, -0.2) is 39.9 Å². The molecule has 2 fully saturated rings. The minimum absolute atomic E-state index is 0.305. The number of benzene rings is 2. The molecule has 2 unspecified atom stereocenters. The molecule has 2 aliphatic rings. The van der Waals surface area contributed by atoms with Crippen molar-refractivity contribution in [3.63, 3.8) is 0 Å². The number of hydrogen-bond donors (Lipinski definition) is 2. The van der Waals surface area contributed by atoms with Gasteiger partial charge in [0.2, 0.25) is 0 Å². The first kappa shape index (κ1) is 21.0. The number of halogens is 3. The van der Waals surface area contributed by atoms with Crippen LogP contribution in [0.15, 0.2) is 66.9 Å². The molecular formula is C25H23F3N6. The van der Waals surface area contributed by atoms with E-state index >= 15 is 0 Å². The zero-order valence-electron chi connectivity index (χ0n) is 18.3. The summed E-state index contributed by atoms with van der Waals surface area (Å²) in [5.74, 6) is 1.36. The number of nitrogens with zero attached hydrogens (tertiary/aromatic N) is 4. The summed E-state index contributed by atoms with van der Waals surface area (Å²) in [5, 5.41) is 12.3. The highest BCUT2D eigenvalue weighted by Gasteiger charge is 2.40. The number of rotatable bonds is 5. The lowest BCUT2D eigenvalue weighted by Gasteiger charge is -2.27. The minimum Gasteiger partial charge on any atom is -0.366 e. The van der Waals surface area contributed by atoms with Crippen LogP contribution in [0.25, 0.3) is 16.6 Å². The Kier molecular flexibility index (Phi) is 4.95. The Bertz CT molecular complexity index is 1330. The fourth-order valence-corrected chi connectivity index (χ4v) is 4.94. The van der Waals surface area contributed by atoms with E-state index in [9.17, 15) is 13.2 Å². The molecule has 6 nitrogen and oxygen atoms in total. The Morgan fingerprint density at radius 3 is 2.65 bits per heavy atom. The quantitative estimate of drug-likeness (QED) is 0.452. The van der Waals surface area contributed by atoms with Crippen LogP contribution >= 0.6 is 0 Å². The predicted molar refractivity (Wildman–Crippen MR) is 125 cm³/mol. The Morgan fingerprint density at radius 1 is 1.06 bits per heavy atom. The lowest BCUT2D eigenvalue weighted by atomic mass is 10.1. The fraction of sp³-hybridized carbons (Fsp3) is 0.280. The molecule has 2 bridgehead atoms. The molecule has 2 atom stereocenters. The van der Waals surface area contributed by atoms with Gasteiger partial charge in [-0.1, -0.05) is 30.3 Å². The molecule has 9 heteroatoms. The van der Waals surface area contributed by atoms with Crippen molar-refractivity contribution in [1.82, 2.24) is 20.1 Å². The number of anilines is 2. The third-order valence-electron chi connectivity index (χ3n) is 6.62. The molecule has 34 heavy (non-hydrogen) atoms. The first-order valence-corrected chi connectivity index (χ1v) is 11.3. The summed E-state index contributed by atoms with van der Waals surface area (Å²) in [6.45, 7) is 2.25. The van der Waals surface area contributed by atoms with Gasteiger partial charge in [-0.15, -0.1) is 5.10 Å². The maximum Gasteiger partial charge on any atom is 0.416 e. The molecule has 174 valence electrons. The fourth-order valence-electron chi connectivity index (χ4n) is 4.94. The van der Waals surface area contributed by atoms with Crippen molar-refractivity contribution in [1.29, 1.82) is 0 Å². The van der Waals surface area contributed by atoms with Crippen LogP contribution in [0.4, 0.5) is 24.8 Å². The van der Waals surface area contributed by atoms with Gasteiger partial charge in [-0.25, -0.2) is 9.67 Å². The molecular weight excluding hydrogens is 441 g/mol. The summed E-state index contributed by atoms with van der Waals surface area (Å²) >= 11 is 0. The van der Waals surface area contributed by atoms with Crippen LogP contribution in [0.1, 0.15) is 17.5 Å². The molecule has 6 rings (SSSR count). The van der Waals surface area contributed by atoms with Gasteiger partial charge in [0, 0.05) is 49.4 Å². The van der Waals surface area contributed by atoms with Crippen molar-refractivity contribution >= 4 is 22.5 Å². The van der Waals surface area contributed by atoms with E-state index in [0.29, 0.717) is 35.7 Å². The number of fused-ring (bicyclic) bond motifs is 3. The van der Waals surface area contributed by atoms with Gasteiger partial charge in [-0.3, -0.25) is 0 Å². The number of aromatic nitrogens is 3. The summed E-state index contributed by atoms with van der Waals surface area (Å²) in [6.07, 6.45) is -1.76. The van der Waals surface area contributed by atoms with E-state index in [1.165, 1.54) is 6.07 Å². The van der Waals surface area contributed by atoms with Crippen molar-refractivity contribution in [3.8, 4) is 5.69 Å². The van der Waals surface area contributed by atoms with E-state index in [-0.39, 0.29) is 0 Å². The second-order valence-electron chi connectivity index (χ2n) is 8.85. The summed E-state index contributed by atoms with van der Waals surface area (Å²) in [7, 11) is 0. The monoisotopic (exact) mass is 464 g/mol. The second kappa shape index (κ2) is 8.02. The first-order valence-electron chi connectivity index (χ1n) is 11.3. The Morgan fingerprint density at radius 2 is 1.91 bits per heavy atom. The van der Waals surface area contributed by atoms with Crippen molar-refractivity contribution in [2.75, 3.05) is 23.3 Å². The smallest absolute Gasteiger partial charge is 0.366 e. The lowest BCUT2D eigenvalue weighted by molar-refractivity contribution is -0.137. The maximum atomic E-state index is 13.5. The topological polar surface area (TPSA) is 58.0 Å². The largest absolute Gasteiger partial charge is 0.416 e. The van der Waals surface area contributed by atoms with Crippen LogP contribution < -0.4 is 15.5 Å². The van der Waals surface area contributed by atoms with Gasteiger partial charge in [-0.05, 0) is 36.2 Å². The van der Waals surface area contributed by atoms with Crippen LogP contribution in [-0.2, 0) is 12.7 Å². The highest BCUT2D eigenvalue weighted by molar-refractivity contribution is 5.93. The molecule has 2 aliphatic heterocycles. The average molecular weight is 464 g/mol. The van der Waals surface area contributed by atoms with Gasteiger partial charge >= 0.3 is 6.18 Å². The number of piperazine rings is 1. The molecule has 0 spiro atoms. The molecule has 0 radical (unpaired) electrons. The highest BCUT2D eigenvalue weighted by atomic mass is 19.4. The molecule has 4 heterocycles. The SMILES string of the molecule is FC(F)(F)c1ccc2c(N3CC4CC3CN4)nn(-c3ccnc(NCc4ccccc4)c3)c2c1. The van der Waals surface area contributed by atoms with Gasteiger partial charge in [0.05, 0.1) is 16.8 Å². The lowest BCUT2D eigenvalue weighted by Crippen LogP contribution is -2.43. The summed E-state index contributed by atoms with van der Waals surface area (Å²) in [6, 6.07) is 18.1. The number of alkyl halides is 3. The third kappa shape index (κ3) is 3.75. The van der Waals surface area contributed by atoms with Gasteiger partial charge in [-0.2, -0.15) is 13.2 Å². The molecule has 0 saturated carbocycles. The van der Waals surface area contributed by atoms with E-state index in [2.05, 4.69) is 20.5 Å². The van der Waals surface area contributed by atoms with Crippen molar-refractivity contribution < 1.29 is 13.2 Å². The van der Waals surface area contributed by atoms with Gasteiger partial charge < -0.3 is 15.5 Å². The van der Waals surface area contributed by atoms with Crippen LogP contribution in [0, 0.1) is 0 Å². The van der Waals surface area contributed by atoms with E-state index in [1.54, 1.807) is 23.0 Å². The van der Waals surface area contributed by atoms with E-state index in [1.807, 2.05) is 36.4 Å². The molecule has 2 aromatic heterocycles. The highest BCUT2D eigenvalue weighted by Crippen LogP contribution is 2.38. The van der Waals surface area contributed by atoms with Crippen LogP contribution in [0.5, 0.6) is 0 Å². The number of hydrogen-bond acceptors (Lipinski definition) is 5. The summed E-state index contributed by atoms with van der Waals surface area (Å²) in [5.41, 5.74) is 1.51. The predicted octanol–water partition coefficient (Wildman–Crippen LogP) is 4.60. The third-order valence-corrected chi connectivity index (χ3v) is 6.62. The van der Waals surface area contributed by atoms with E-state index < -0.39 is 11.7 Å². The molecule has 2 aromatic carbocycles. The zero-order chi connectivity index (χ0) is 23.3. The van der Waals surface area contributed by atoms with Crippen LogP contribution in [0.3, 0.4) is 0 Å². The zero-order valence-corrected chi connectivity index (χ0v) is 18.3. The standard InChI is InChI=1S/C25H23F3N6/c26-25(27,28)17-6-7-21-22(10-17)34(32-24(21)33-15-18-11-20(33)14-30-18)19-8-9-29-23(12-19)31-13-16-4-2-1-3-5-16/h1-10,12,18,20,30H,11,13-15H2,(H,29,31). The summed E-state index contributed by atoms with van der Waals surface area (Å²) < 4.78 is 42.2. The number of pyridine rings is 1. The second-order valence-corrected chi connectivity index (χ2v) is 8.85. The van der Waals surface area contributed by atoms with Crippen molar-refractivity contribution in [2.45, 2.75) is 31.2 Å². The Hall–Kier alpha value is -3.59. The molecule has 4 aromatic rings. The number of nitrogens with one attached hydrogen (secondary N) is 2. The molecule has 2 N–H and O–H groups in total. The van der Waals surface area contributed by atoms with Gasteiger partial charge in [0.1, 0.15) is 5.82 Å². The van der Waals surface area contributed by atoms with E-state index in [4.69, 9.17) is 5.10 Å². The Balaban J connectivity index is 1.41.